The lowest BCUT2D eigenvalue weighted by molar-refractivity contribution is 0.0396. The van der Waals surface area contributed by atoms with Crippen molar-refractivity contribution in [3.8, 4) is 0 Å². The van der Waals surface area contributed by atoms with Crippen LogP contribution in [0.25, 0.3) is 0 Å². The molecule has 1 aromatic heterocycles. The van der Waals surface area contributed by atoms with Gasteiger partial charge in [0.05, 0.1) is 5.69 Å². The van der Waals surface area contributed by atoms with Crippen LogP contribution in [0.1, 0.15) is 38.3 Å². The van der Waals surface area contributed by atoms with Crippen LogP contribution in [0.5, 0.6) is 0 Å². The highest BCUT2D eigenvalue weighted by Crippen LogP contribution is 2.38. The Morgan fingerprint density at radius 3 is 2.80 bits per heavy atom. The Balaban J connectivity index is 2.20. The van der Waals surface area contributed by atoms with E-state index >= 15 is 0 Å². The van der Waals surface area contributed by atoms with Crippen molar-refractivity contribution in [3.05, 3.63) is 11.9 Å². The molecule has 3 unspecified atom stereocenters. The summed E-state index contributed by atoms with van der Waals surface area (Å²) in [5, 5.41) is 11.9. The van der Waals surface area contributed by atoms with Gasteiger partial charge in [-0.15, -0.1) is 5.10 Å². The van der Waals surface area contributed by atoms with E-state index in [0.29, 0.717) is 6.04 Å². The maximum absolute atomic E-state index is 4.26. The van der Waals surface area contributed by atoms with Gasteiger partial charge in [-0.1, -0.05) is 25.0 Å². The zero-order valence-corrected chi connectivity index (χ0v) is 13.6. The molecule has 1 fully saturated rings. The van der Waals surface area contributed by atoms with Gasteiger partial charge in [0.1, 0.15) is 0 Å². The van der Waals surface area contributed by atoms with Crippen molar-refractivity contribution in [2.24, 2.45) is 13.0 Å². The number of nitrogens with zero attached hydrogens (tertiary/aromatic N) is 4. The monoisotopic (exact) mass is 279 g/mol. The third-order valence-corrected chi connectivity index (χ3v) is 4.96. The van der Waals surface area contributed by atoms with Gasteiger partial charge in [0.2, 0.25) is 0 Å². The quantitative estimate of drug-likeness (QED) is 0.886. The molecule has 0 radical (unpaired) electrons. The molecule has 1 aromatic rings. The van der Waals surface area contributed by atoms with Crippen LogP contribution in [0.2, 0.25) is 0 Å². The van der Waals surface area contributed by atoms with Crippen LogP contribution in [0.4, 0.5) is 0 Å². The highest BCUT2D eigenvalue weighted by molar-refractivity contribution is 5.07. The van der Waals surface area contributed by atoms with Gasteiger partial charge in [0.15, 0.2) is 0 Å². The Bertz CT molecular complexity index is 428. The number of nitrogens with one attached hydrogen (secondary N) is 1. The molecule has 5 heteroatoms. The van der Waals surface area contributed by atoms with E-state index in [-0.39, 0.29) is 5.54 Å². The van der Waals surface area contributed by atoms with Gasteiger partial charge in [0, 0.05) is 31.2 Å². The van der Waals surface area contributed by atoms with Crippen molar-refractivity contribution < 1.29 is 0 Å². The Hall–Kier alpha value is -0.940. The minimum absolute atomic E-state index is 0.226. The molecule has 1 heterocycles. The molecule has 0 saturated heterocycles. The van der Waals surface area contributed by atoms with E-state index in [1.54, 1.807) is 4.68 Å². The van der Waals surface area contributed by atoms with Gasteiger partial charge < -0.3 is 10.2 Å². The van der Waals surface area contributed by atoms with Gasteiger partial charge in [0.25, 0.3) is 0 Å². The second-order valence-corrected chi connectivity index (χ2v) is 6.63. The number of likely N-dealkylation sites (N-methyl/N-ethyl adjacent to an activating group) is 2. The summed E-state index contributed by atoms with van der Waals surface area (Å²) in [5.41, 5.74) is 1.30. The SMILES string of the molecule is CNC(Cc1cn(C)nn1)C1(N(C)C)CCCC(C)C1. The zero-order valence-electron chi connectivity index (χ0n) is 13.6. The molecule has 0 aromatic carbocycles. The first-order valence-electron chi connectivity index (χ1n) is 7.68. The molecule has 0 amide bonds. The second-order valence-electron chi connectivity index (χ2n) is 6.63. The first kappa shape index (κ1) is 15.4. The average Bonchev–Trinajstić information content (AvgIpc) is 2.81. The molecule has 20 heavy (non-hydrogen) atoms. The molecule has 5 nitrogen and oxygen atoms in total. The van der Waals surface area contributed by atoms with E-state index in [9.17, 15) is 0 Å². The Labute approximate surface area is 122 Å². The summed E-state index contributed by atoms with van der Waals surface area (Å²) in [5.74, 6) is 0.795. The fourth-order valence-corrected chi connectivity index (χ4v) is 3.86. The largest absolute Gasteiger partial charge is 0.315 e. The van der Waals surface area contributed by atoms with Gasteiger partial charge in [-0.2, -0.15) is 0 Å². The summed E-state index contributed by atoms with van der Waals surface area (Å²) >= 11 is 0. The van der Waals surface area contributed by atoms with Crippen molar-refractivity contribution in [2.45, 2.75) is 50.6 Å². The predicted molar refractivity (Wildman–Crippen MR) is 81.6 cm³/mol. The lowest BCUT2D eigenvalue weighted by Crippen LogP contribution is -2.61. The van der Waals surface area contributed by atoms with E-state index < -0.39 is 0 Å². The normalized spacial score (nSPS) is 28.8. The van der Waals surface area contributed by atoms with Gasteiger partial charge >= 0.3 is 0 Å². The van der Waals surface area contributed by atoms with Crippen LogP contribution in [0.3, 0.4) is 0 Å². The summed E-state index contributed by atoms with van der Waals surface area (Å²) < 4.78 is 1.79. The van der Waals surface area contributed by atoms with Crippen LogP contribution < -0.4 is 5.32 Å². The molecule has 0 bridgehead atoms. The predicted octanol–water partition coefficient (Wildman–Crippen LogP) is 1.46. The highest BCUT2D eigenvalue weighted by atomic mass is 15.4. The van der Waals surface area contributed by atoms with E-state index in [2.05, 4.69) is 48.6 Å². The van der Waals surface area contributed by atoms with Crippen LogP contribution in [-0.4, -0.2) is 52.6 Å². The minimum Gasteiger partial charge on any atom is -0.315 e. The molecule has 1 aliphatic carbocycles. The number of hydrogen-bond donors (Lipinski definition) is 1. The average molecular weight is 279 g/mol. The summed E-state index contributed by atoms with van der Waals surface area (Å²) in [4.78, 5) is 2.43. The summed E-state index contributed by atoms with van der Waals surface area (Å²) in [6.45, 7) is 2.38. The fourth-order valence-electron chi connectivity index (χ4n) is 3.86. The minimum atomic E-state index is 0.226. The molecule has 1 aliphatic rings. The van der Waals surface area contributed by atoms with Gasteiger partial charge in [-0.25, -0.2) is 0 Å². The van der Waals surface area contributed by atoms with Gasteiger partial charge in [-0.3, -0.25) is 4.68 Å². The molecule has 0 aliphatic heterocycles. The van der Waals surface area contributed by atoms with Crippen molar-refractivity contribution in [3.63, 3.8) is 0 Å². The molecular weight excluding hydrogens is 250 g/mol. The molecule has 2 rings (SSSR count). The van der Waals surface area contributed by atoms with Crippen molar-refractivity contribution in [1.29, 1.82) is 0 Å². The smallest absolute Gasteiger partial charge is 0.0843 e. The Morgan fingerprint density at radius 1 is 1.55 bits per heavy atom. The second kappa shape index (κ2) is 6.22. The van der Waals surface area contributed by atoms with Crippen molar-refractivity contribution in [1.82, 2.24) is 25.2 Å². The van der Waals surface area contributed by atoms with E-state index in [1.807, 2.05) is 13.2 Å². The number of hydrogen-bond acceptors (Lipinski definition) is 4. The number of rotatable bonds is 5. The first-order chi connectivity index (χ1) is 9.48. The van der Waals surface area contributed by atoms with Crippen molar-refractivity contribution in [2.75, 3.05) is 21.1 Å². The number of aryl methyl sites for hydroxylation is 1. The standard InChI is InChI=1S/C15H29N5/c1-12-7-6-8-15(10-12,19(3)4)14(16-2)9-13-11-20(5)18-17-13/h11-12,14,16H,6-10H2,1-5H3. The van der Waals surface area contributed by atoms with Crippen LogP contribution in [-0.2, 0) is 13.5 Å². The lowest BCUT2D eigenvalue weighted by Gasteiger charge is -2.50. The third kappa shape index (κ3) is 3.04. The van der Waals surface area contributed by atoms with E-state index in [4.69, 9.17) is 0 Å². The lowest BCUT2D eigenvalue weighted by atomic mass is 9.70. The Morgan fingerprint density at radius 2 is 2.30 bits per heavy atom. The molecule has 114 valence electrons. The highest BCUT2D eigenvalue weighted by Gasteiger charge is 2.43. The zero-order chi connectivity index (χ0) is 14.8. The fraction of sp³-hybridized carbons (Fsp3) is 0.867. The maximum Gasteiger partial charge on any atom is 0.0843 e. The van der Waals surface area contributed by atoms with E-state index in [1.165, 1.54) is 25.7 Å². The third-order valence-electron chi connectivity index (χ3n) is 4.96. The van der Waals surface area contributed by atoms with Crippen LogP contribution >= 0.6 is 0 Å². The summed E-state index contributed by atoms with van der Waals surface area (Å²) in [6, 6.07) is 0.414. The van der Waals surface area contributed by atoms with E-state index in [0.717, 1.165) is 18.0 Å². The number of aromatic nitrogens is 3. The van der Waals surface area contributed by atoms with Crippen molar-refractivity contribution >= 4 is 0 Å². The molecular formula is C15H29N5. The molecule has 0 spiro atoms. The Kier molecular flexibility index (Phi) is 4.81. The first-order valence-corrected chi connectivity index (χ1v) is 7.68. The molecule has 1 saturated carbocycles. The molecule has 1 N–H and O–H groups in total. The summed E-state index contributed by atoms with van der Waals surface area (Å²) in [6.07, 6.45) is 8.16. The summed E-state index contributed by atoms with van der Waals surface area (Å²) in [7, 11) is 8.44. The topological polar surface area (TPSA) is 46.0 Å². The molecule has 3 atom stereocenters. The maximum atomic E-state index is 4.26. The van der Waals surface area contributed by atoms with Crippen LogP contribution in [0.15, 0.2) is 6.20 Å². The van der Waals surface area contributed by atoms with Gasteiger partial charge in [-0.05, 0) is 39.9 Å². The van der Waals surface area contributed by atoms with Crippen LogP contribution in [0, 0.1) is 5.92 Å².